The largest absolute Gasteiger partial charge is 0.497 e. The van der Waals surface area contributed by atoms with Crippen molar-refractivity contribution in [2.75, 3.05) is 11.8 Å². The smallest absolute Gasteiger partial charge is 0.261 e. The van der Waals surface area contributed by atoms with E-state index in [0.717, 1.165) is 30.6 Å². The molecule has 0 aliphatic heterocycles. The Hall–Kier alpha value is -3.32. The lowest BCUT2D eigenvalue weighted by Gasteiger charge is -2.27. The number of ether oxygens (including phenoxy) is 1. The fourth-order valence-corrected chi connectivity index (χ4v) is 4.94. The Morgan fingerprint density at radius 2 is 1.81 bits per heavy atom. The van der Waals surface area contributed by atoms with E-state index in [1.54, 1.807) is 43.5 Å². The summed E-state index contributed by atoms with van der Waals surface area (Å²) in [5.41, 5.74) is 3.01. The third-order valence-corrected chi connectivity index (χ3v) is 6.78. The minimum atomic E-state index is -3.80. The Balaban J connectivity index is 1.53. The van der Waals surface area contributed by atoms with Crippen molar-refractivity contribution in [2.45, 2.75) is 30.2 Å². The Morgan fingerprint density at radius 1 is 1.00 bits per heavy atom. The van der Waals surface area contributed by atoms with E-state index >= 15 is 0 Å². The van der Waals surface area contributed by atoms with Gasteiger partial charge in [-0.25, -0.2) is 8.42 Å². The highest BCUT2D eigenvalue weighted by Gasteiger charge is 2.23. The van der Waals surface area contributed by atoms with Gasteiger partial charge in [-0.3, -0.25) is 9.52 Å². The number of fused-ring (bicyclic) bond motifs is 1. The Morgan fingerprint density at radius 3 is 2.58 bits per heavy atom. The molecular weight excluding hydrogens is 412 g/mol. The average Bonchev–Trinajstić information content (AvgIpc) is 2.79. The molecule has 0 bridgehead atoms. The van der Waals surface area contributed by atoms with E-state index in [0.29, 0.717) is 11.3 Å². The van der Waals surface area contributed by atoms with Crippen LogP contribution in [0.25, 0.3) is 0 Å². The molecule has 31 heavy (non-hydrogen) atoms. The molecule has 0 heterocycles. The number of amides is 1. The van der Waals surface area contributed by atoms with Crippen LogP contribution in [0, 0.1) is 0 Å². The van der Waals surface area contributed by atoms with Gasteiger partial charge in [0.15, 0.2) is 0 Å². The topological polar surface area (TPSA) is 84.5 Å². The number of rotatable bonds is 6. The molecule has 0 radical (unpaired) electrons. The lowest BCUT2D eigenvalue weighted by molar-refractivity contribution is 0.0932. The average molecular weight is 437 g/mol. The molecular formula is C24H24N2O4S. The maximum atomic E-state index is 12.9. The quantitative estimate of drug-likeness (QED) is 0.603. The monoisotopic (exact) mass is 436 g/mol. The SMILES string of the molecule is COc1ccc2c(c1)CCC[C@@H]2NC(=O)c1cccc(S(=O)(=O)Nc2ccccc2)c1. The van der Waals surface area contributed by atoms with Crippen LogP contribution in [0.5, 0.6) is 5.75 Å². The lowest BCUT2D eigenvalue weighted by atomic mass is 9.87. The highest BCUT2D eigenvalue weighted by atomic mass is 32.2. The molecule has 2 N–H and O–H groups in total. The standard InChI is InChI=1S/C24H24N2O4S/c1-30-20-13-14-22-17(15-20)7-6-12-23(22)25-24(27)18-8-5-11-21(16-18)31(28,29)26-19-9-3-2-4-10-19/h2-5,8-11,13-16,23,26H,6-7,12H2,1H3,(H,25,27)/t23-/m0/s1. The number of carbonyl (C=O) groups excluding carboxylic acids is 1. The Labute approximate surface area is 182 Å². The van der Waals surface area contributed by atoms with Crippen molar-refractivity contribution in [1.29, 1.82) is 0 Å². The van der Waals surface area contributed by atoms with Crippen molar-refractivity contribution in [1.82, 2.24) is 5.32 Å². The minimum absolute atomic E-state index is 0.0396. The summed E-state index contributed by atoms with van der Waals surface area (Å²) in [6, 6.07) is 20.5. The maximum absolute atomic E-state index is 12.9. The predicted molar refractivity (Wildman–Crippen MR) is 120 cm³/mol. The minimum Gasteiger partial charge on any atom is -0.497 e. The van der Waals surface area contributed by atoms with Crippen LogP contribution in [0.1, 0.15) is 40.4 Å². The van der Waals surface area contributed by atoms with Crippen molar-refractivity contribution in [3.8, 4) is 5.75 Å². The van der Waals surface area contributed by atoms with Crippen LogP contribution in [-0.2, 0) is 16.4 Å². The molecule has 3 aromatic carbocycles. The Kier molecular flexibility index (Phi) is 5.95. The van der Waals surface area contributed by atoms with Gasteiger partial charge in [-0.2, -0.15) is 0 Å². The van der Waals surface area contributed by atoms with Gasteiger partial charge < -0.3 is 10.1 Å². The van der Waals surface area contributed by atoms with Crippen molar-refractivity contribution in [3.05, 3.63) is 89.5 Å². The van der Waals surface area contributed by atoms with Gasteiger partial charge in [-0.15, -0.1) is 0 Å². The molecule has 0 fully saturated rings. The van der Waals surface area contributed by atoms with Crippen LogP contribution >= 0.6 is 0 Å². The lowest BCUT2D eigenvalue weighted by Crippen LogP contribution is -2.31. The first-order valence-electron chi connectivity index (χ1n) is 10.1. The van der Waals surface area contributed by atoms with Gasteiger partial charge >= 0.3 is 0 Å². The molecule has 1 aliphatic carbocycles. The van der Waals surface area contributed by atoms with Gasteiger partial charge in [-0.1, -0.05) is 30.3 Å². The fourth-order valence-electron chi connectivity index (χ4n) is 3.83. The van der Waals surface area contributed by atoms with E-state index in [1.807, 2.05) is 24.3 Å². The van der Waals surface area contributed by atoms with Crippen LogP contribution in [0.2, 0.25) is 0 Å². The first-order valence-corrected chi connectivity index (χ1v) is 11.6. The number of hydrogen-bond donors (Lipinski definition) is 2. The molecule has 7 heteroatoms. The molecule has 1 amide bonds. The predicted octanol–water partition coefficient (Wildman–Crippen LogP) is 4.30. The van der Waals surface area contributed by atoms with E-state index in [4.69, 9.17) is 4.74 Å². The van der Waals surface area contributed by atoms with Crippen LogP contribution in [-0.4, -0.2) is 21.4 Å². The molecule has 3 aromatic rings. The second-order valence-electron chi connectivity index (χ2n) is 7.48. The van der Waals surface area contributed by atoms with Crippen LogP contribution < -0.4 is 14.8 Å². The zero-order valence-electron chi connectivity index (χ0n) is 17.2. The normalized spacial score (nSPS) is 15.6. The molecule has 6 nitrogen and oxygen atoms in total. The molecule has 1 aliphatic rings. The number of methoxy groups -OCH3 is 1. The molecule has 1 atom stereocenters. The highest BCUT2D eigenvalue weighted by molar-refractivity contribution is 7.92. The number of nitrogens with one attached hydrogen (secondary N) is 2. The van der Waals surface area contributed by atoms with Gasteiger partial charge in [-0.05, 0) is 72.9 Å². The number of anilines is 1. The van der Waals surface area contributed by atoms with Crippen LogP contribution in [0.15, 0.2) is 77.7 Å². The van der Waals surface area contributed by atoms with Gasteiger partial charge in [0, 0.05) is 11.3 Å². The number of hydrogen-bond acceptors (Lipinski definition) is 4. The van der Waals surface area contributed by atoms with E-state index < -0.39 is 10.0 Å². The maximum Gasteiger partial charge on any atom is 0.261 e. The first-order chi connectivity index (χ1) is 15.0. The molecule has 0 saturated heterocycles. The van der Waals surface area contributed by atoms with Gasteiger partial charge in [0.2, 0.25) is 0 Å². The number of carbonyl (C=O) groups is 1. The summed E-state index contributed by atoms with van der Waals surface area (Å²) in [6.45, 7) is 0. The summed E-state index contributed by atoms with van der Waals surface area (Å²) in [7, 11) is -2.17. The summed E-state index contributed by atoms with van der Waals surface area (Å²) >= 11 is 0. The Bertz CT molecular complexity index is 1190. The molecule has 160 valence electrons. The molecule has 0 aromatic heterocycles. The van der Waals surface area contributed by atoms with Crippen LogP contribution in [0.4, 0.5) is 5.69 Å². The summed E-state index contributed by atoms with van der Waals surface area (Å²) in [5.74, 6) is 0.500. The van der Waals surface area contributed by atoms with E-state index in [-0.39, 0.29) is 16.8 Å². The highest BCUT2D eigenvalue weighted by Crippen LogP contribution is 2.32. The van der Waals surface area contributed by atoms with E-state index in [9.17, 15) is 13.2 Å². The molecule has 4 rings (SSSR count). The van der Waals surface area contributed by atoms with Crippen molar-refractivity contribution in [2.24, 2.45) is 0 Å². The fraction of sp³-hybridized carbons (Fsp3) is 0.208. The first kappa shape index (κ1) is 20.9. The second-order valence-corrected chi connectivity index (χ2v) is 9.16. The number of para-hydroxylation sites is 1. The zero-order chi connectivity index (χ0) is 21.8. The summed E-state index contributed by atoms with van der Waals surface area (Å²) in [6.07, 6.45) is 2.73. The summed E-state index contributed by atoms with van der Waals surface area (Å²) in [5, 5.41) is 3.06. The molecule has 0 spiro atoms. The van der Waals surface area contributed by atoms with E-state index in [1.165, 1.54) is 17.7 Å². The second kappa shape index (κ2) is 8.81. The number of sulfonamides is 1. The van der Waals surface area contributed by atoms with Crippen molar-refractivity contribution in [3.63, 3.8) is 0 Å². The summed E-state index contributed by atoms with van der Waals surface area (Å²) < 4.78 is 33.3. The third kappa shape index (κ3) is 4.72. The van der Waals surface area contributed by atoms with Crippen molar-refractivity contribution < 1.29 is 17.9 Å². The van der Waals surface area contributed by atoms with Crippen LogP contribution in [0.3, 0.4) is 0 Å². The van der Waals surface area contributed by atoms with Gasteiger partial charge in [0.05, 0.1) is 18.0 Å². The van der Waals surface area contributed by atoms with E-state index in [2.05, 4.69) is 10.0 Å². The van der Waals surface area contributed by atoms with Gasteiger partial charge in [0.25, 0.3) is 15.9 Å². The number of aryl methyl sites for hydroxylation is 1. The van der Waals surface area contributed by atoms with Gasteiger partial charge in [0.1, 0.15) is 5.75 Å². The summed E-state index contributed by atoms with van der Waals surface area (Å²) in [4.78, 5) is 13.0. The molecule has 0 saturated carbocycles. The number of benzene rings is 3. The molecule has 0 unspecified atom stereocenters. The van der Waals surface area contributed by atoms with Crippen molar-refractivity contribution >= 4 is 21.6 Å². The zero-order valence-corrected chi connectivity index (χ0v) is 18.0. The third-order valence-electron chi connectivity index (χ3n) is 5.40.